The van der Waals surface area contributed by atoms with E-state index < -0.39 is 23.5 Å². The maximum atomic E-state index is 13.6. The van der Waals surface area contributed by atoms with Crippen molar-refractivity contribution in [2.45, 2.75) is 19.0 Å². The van der Waals surface area contributed by atoms with E-state index in [0.29, 0.717) is 49.8 Å². The SMILES string of the molecule is O=C1C(=O)N(CCC[n+]2cc[nH]c2)C(c2cccc(Br)c2)C1=C([O-])c1ccc2c(c1)OCCO2. The van der Waals surface area contributed by atoms with Gasteiger partial charge in [-0.05, 0) is 35.4 Å². The van der Waals surface area contributed by atoms with Crippen molar-refractivity contribution in [3.8, 4) is 11.5 Å². The highest BCUT2D eigenvalue weighted by molar-refractivity contribution is 9.10. The summed E-state index contributed by atoms with van der Waals surface area (Å²) in [5.74, 6) is -0.908. The largest absolute Gasteiger partial charge is 0.872 e. The number of likely N-dealkylation sites (tertiary alicyclic amines) is 1. The van der Waals surface area contributed by atoms with Crippen LogP contribution in [0.4, 0.5) is 0 Å². The molecular formula is C25H22BrN3O5. The third-order valence-electron chi connectivity index (χ3n) is 5.92. The summed E-state index contributed by atoms with van der Waals surface area (Å²) in [7, 11) is 0. The number of amides is 1. The van der Waals surface area contributed by atoms with Crippen LogP contribution < -0.4 is 19.1 Å². The lowest BCUT2D eigenvalue weighted by Crippen LogP contribution is -2.36. The minimum absolute atomic E-state index is 0.0472. The van der Waals surface area contributed by atoms with Crippen molar-refractivity contribution < 1.29 is 28.7 Å². The van der Waals surface area contributed by atoms with Crippen LogP contribution >= 0.6 is 15.9 Å². The number of benzene rings is 2. The zero-order chi connectivity index (χ0) is 23.7. The first-order valence-corrected chi connectivity index (χ1v) is 11.8. The lowest BCUT2D eigenvalue weighted by Gasteiger charge is -2.28. The van der Waals surface area contributed by atoms with Gasteiger partial charge < -0.3 is 19.5 Å². The summed E-state index contributed by atoms with van der Waals surface area (Å²) >= 11 is 3.46. The fraction of sp³-hybridized carbons (Fsp3) is 0.240. The number of rotatable bonds is 6. The first kappa shape index (κ1) is 22.2. The van der Waals surface area contributed by atoms with E-state index in [1.54, 1.807) is 18.2 Å². The Hall–Kier alpha value is -3.59. The number of nitrogens with zero attached hydrogens (tertiary/aromatic N) is 2. The molecule has 3 aromatic rings. The fourth-order valence-corrected chi connectivity index (χ4v) is 4.76. The molecule has 0 spiro atoms. The molecule has 3 heterocycles. The summed E-state index contributed by atoms with van der Waals surface area (Å²) in [6.07, 6.45) is 6.15. The maximum absolute atomic E-state index is 13.6. The van der Waals surface area contributed by atoms with Gasteiger partial charge >= 0.3 is 0 Å². The lowest BCUT2D eigenvalue weighted by atomic mass is 9.95. The van der Waals surface area contributed by atoms with Gasteiger partial charge in [-0.1, -0.05) is 39.9 Å². The monoisotopic (exact) mass is 523 g/mol. The maximum Gasteiger partial charge on any atom is 0.295 e. The molecule has 1 saturated heterocycles. The summed E-state index contributed by atoms with van der Waals surface area (Å²) in [5.41, 5.74) is 0.933. The Balaban J connectivity index is 1.54. The number of ketones is 1. The summed E-state index contributed by atoms with van der Waals surface area (Å²) in [4.78, 5) is 30.7. The summed E-state index contributed by atoms with van der Waals surface area (Å²) < 4.78 is 13.9. The van der Waals surface area contributed by atoms with Gasteiger partial charge in [0, 0.05) is 23.0 Å². The molecule has 5 rings (SSSR count). The quantitative estimate of drug-likeness (QED) is 0.231. The molecule has 0 saturated carbocycles. The summed E-state index contributed by atoms with van der Waals surface area (Å²) in [6.45, 7) is 1.81. The molecule has 0 aliphatic carbocycles. The van der Waals surface area contributed by atoms with Crippen LogP contribution in [0.2, 0.25) is 0 Å². The number of aromatic nitrogens is 2. The Morgan fingerprint density at radius 1 is 1.15 bits per heavy atom. The van der Waals surface area contributed by atoms with Gasteiger partial charge in [-0.3, -0.25) is 14.6 Å². The number of aryl methyl sites for hydroxylation is 1. The number of hydrogen-bond acceptors (Lipinski definition) is 5. The number of halogens is 1. The minimum Gasteiger partial charge on any atom is -0.872 e. The molecule has 34 heavy (non-hydrogen) atoms. The zero-order valence-corrected chi connectivity index (χ0v) is 19.8. The number of carbonyl (C=O) groups is 2. The molecule has 1 fully saturated rings. The molecule has 1 atom stereocenters. The van der Waals surface area contributed by atoms with Gasteiger partial charge in [-0.25, -0.2) is 4.57 Å². The first-order chi connectivity index (χ1) is 16.5. The second kappa shape index (κ2) is 9.34. The predicted molar refractivity (Wildman–Crippen MR) is 124 cm³/mol. The number of hydrogen-bond donors (Lipinski definition) is 1. The van der Waals surface area contributed by atoms with Crippen LogP contribution in [-0.2, 0) is 16.1 Å². The molecule has 1 aromatic heterocycles. The molecule has 2 aromatic carbocycles. The van der Waals surface area contributed by atoms with E-state index in [9.17, 15) is 14.7 Å². The Morgan fingerprint density at radius 3 is 2.74 bits per heavy atom. The molecule has 2 aliphatic rings. The van der Waals surface area contributed by atoms with Crippen molar-refractivity contribution >= 4 is 33.4 Å². The number of fused-ring (bicyclic) bond motifs is 1. The van der Waals surface area contributed by atoms with Gasteiger partial charge in [0.25, 0.3) is 5.91 Å². The van der Waals surface area contributed by atoms with Gasteiger partial charge in [0.15, 0.2) is 11.5 Å². The Morgan fingerprint density at radius 2 is 1.97 bits per heavy atom. The van der Waals surface area contributed by atoms with Crippen molar-refractivity contribution in [2.75, 3.05) is 19.8 Å². The van der Waals surface area contributed by atoms with E-state index in [4.69, 9.17) is 9.47 Å². The van der Waals surface area contributed by atoms with Crippen LogP contribution in [0.5, 0.6) is 11.5 Å². The molecule has 8 nitrogen and oxygen atoms in total. The summed E-state index contributed by atoms with van der Waals surface area (Å²) in [6, 6.07) is 11.4. The van der Waals surface area contributed by atoms with Crippen molar-refractivity contribution in [3.63, 3.8) is 0 Å². The van der Waals surface area contributed by atoms with E-state index in [2.05, 4.69) is 20.9 Å². The molecule has 9 heteroatoms. The first-order valence-electron chi connectivity index (χ1n) is 11.0. The molecule has 174 valence electrons. The number of aromatic amines is 1. The number of ether oxygens (including phenoxy) is 2. The Kier molecular flexibility index (Phi) is 6.10. The van der Waals surface area contributed by atoms with Gasteiger partial charge in [0.1, 0.15) is 25.6 Å². The number of carbonyl (C=O) groups excluding carboxylic acids is 2. The normalized spacial score (nSPS) is 19.0. The van der Waals surface area contributed by atoms with Crippen molar-refractivity contribution in [2.24, 2.45) is 0 Å². The molecular weight excluding hydrogens is 502 g/mol. The van der Waals surface area contributed by atoms with Crippen LogP contribution in [0.1, 0.15) is 23.6 Å². The second-order valence-corrected chi connectivity index (χ2v) is 9.01. The predicted octanol–water partition coefficient (Wildman–Crippen LogP) is 2.15. The topological polar surface area (TPSA) is 98.6 Å². The van der Waals surface area contributed by atoms with E-state index >= 15 is 0 Å². The third kappa shape index (κ3) is 4.19. The highest BCUT2D eigenvalue weighted by Gasteiger charge is 2.44. The van der Waals surface area contributed by atoms with Crippen LogP contribution in [0.25, 0.3) is 5.76 Å². The van der Waals surface area contributed by atoms with Crippen molar-refractivity contribution in [3.05, 3.63) is 82.4 Å². The number of Topliss-reactive ketones (excluding diaryl/α,β-unsaturated/α-hetero) is 1. The molecule has 2 aliphatic heterocycles. The van der Waals surface area contributed by atoms with Gasteiger partial charge in [0.2, 0.25) is 12.1 Å². The van der Waals surface area contributed by atoms with Gasteiger partial charge in [-0.15, -0.1) is 0 Å². The average Bonchev–Trinajstić information content (AvgIpc) is 3.45. The average molecular weight is 524 g/mol. The molecule has 0 bridgehead atoms. The van der Waals surface area contributed by atoms with Gasteiger partial charge in [-0.2, -0.15) is 0 Å². The van der Waals surface area contributed by atoms with Crippen LogP contribution in [0, 0.1) is 0 Å². The summed E-state index contributed by atoms with van der Waals surface area (Å²) in [5, 5.41) is 13.6. The molecule has 1 amide bonds. The third-order valence-corrected chi connectivity index (χ3v) is 6.41. The minimum atomic E-state index is -0.769. The Bertz CT molecular complexity index is 1270. The van der Waals surface area contributed by atoms with Crippen LogP contribution in [-0.4, -0.2) is 41.3 Å². The molecule has 0 radical (unpaired) electrons. The van der Waals surface area contributed by atoms with E-state index in [-0.39, 0.29) is 11.1 Å². The number of H-pyrrole nitrogens is 1. The fourth-order valence-electron chi connectivity index (χ4n) is 4.35. The second-order valence-electron chi connectivity index (χ2n) is 8.09. The van der Waals surface area contributed by atoms with E-state index in [1.807, 2.05) is 47.6 Å². The molecule has 1 unspecified atom stereocenters. The zero-order valence-electron chi connectivity index (χ0n) is 18.2. The van der Waals surface area contributed by atoms with E-state index in [1.165, 1.54) is 4.90 Å². The smallest absolute Gasteiger partial charge is 0.295 e. The highest BCUT2D eigenvalue weighted by Crippen LogP contribution is 2.40. The lowest BCUT2D eigenvalue weighted by molar-refractivity contribution is -0.695. The standard InChI is InChI=1S/C25H22BrN3O5/c26-18-4-1-3-16(13-18)22-21(23(30)17-5-6-19-20(14-17)34-12-11-33-19)24(31)25(32)29(22)9-2-8-28-10-7-27-15-28/h1,3-7,10,13-15,22H,2,8-9,11-12H2,(H,30,31). The number of nitrogens with one attached hydrogen (secondary N) is 1. The van der Waals surface area contributed by atoms with Crippen molar-refractivity contribution in [1.82, 2.24) is 9.88 Å². The Labute approximate surface area is 204 Å². The van der Waals surface area contributed by atoms with Crippen molar-refractivity contribution in [1.29, 1.82) is 0 Å². The number of imidazole rings is 1. The van der Waals surface area contributed by atoms with Crippen LogP contribution in [0.3, 0.4) is 0 Å². The van der Waals surface area contributed by atoms with Gasteiger partial charge in [0.05, 0.1) is 12.6 Å². The van der Waals surface area contributed by atoms with Crippen LogP contribution in [0.15, 0.2) is 71.2 Å². The van der Waals surface area contributed by atoms with E-state index in [0.717, 1.165) is 4.47 Å². The molecule has 1 N–H and O–H groups in total. The highest BCUT2D eigenvalue weighted by atomic mass is 79.9.